The molecule has 1 amide bonds. The Morgan fingerprint density at radius 2 is 1.54 bits per heavy atom. The van der Waals surface area contributed by atoms with E-state index < -0.39 is 0 Å². The van der Waals surface area contributed by atoms with E-state index in [-0.39, 0.29) is 36.2 Å². The fourth-order valence-electron chi connectivity index (χ4n) is 11.2. The van der Waals surface area contributed by atoms with Gasteiger partial charge in [-0.1, -0.05) is 84.8 Å². The molecule has 0 saturated heterocycles. The molecule has 4 aliphatic rings. The fraction of sp³-hybridized carbons (Fsp3) is 0.905. The quantitative estimate of drug-likeness (QED) is 0.0786. The Labute approximate surface area is 295 Å². The van der Waals surface area contributed by atoms with E-state index in [2.05, 4.69) is 52.2 Å². The van der Waals surface area contributed by atoms with Gasteiger partial charge in [0, 0.05) is 32.4 Å². The van der Waals surface area contributed by atoms with Crippen molar-refractivity contribution in [1.29, 1.82) is 0 Å². The Morgan fingerprint density at radius 1 is 0.833 bits per heavy atom. The molecule has 0 unspecified atom stereocenters. The summed E-state index contributed by atoms with van der Waals surface area (Å²) in [6.07, 6.45) is 25.1. The van der Waals surface area contributed by atoms with Crippen molar-refractivity contribution in [2.75, 3.05) is 26.2 Å². The summed E-state index contributed by atoms with van der Waals surface area (Å²) in [7, 11) is 0. The van der Waals surface area contributed by atoms with Crippen molar-refractivity contribution in [3.05, 3.63) is 11.6 Å². The standard InChI is InChI=1S/C42H75N3O3/c1-31(2)14-12-15-32(3)36-18-19-37-35-17-16-33-30-34(22-24-41(33,4)38(35)23-25-42(36,37)5)48-40(47)21-20-39(46)45(29-13-27-44)28-11-9-7-6-8-10-26-43/h16,31-32,34-38H,6-15,17-30,43-44H2,1-5H3/p+2/t32-,34+,35+,36-,37+,38+,41+,42-/m1/s1. The Bertz CT molecular complexity index is 1040. The normalized spacial score (nSPS) is 31.8. The van der Waals surface area contributed by atoms with E-state index in [9.17, 15) is 9.59 Å². The zero-order valence-corrected chi connectivity index (χ0v) is 32.2. The van der Waals surface area contributed by atoms with Crippen molar-refractivity contribution >= 4 is 11.9 Å². The molecule has 0 aromatic carbocycles. The van der Waals surface area contributed by atoms with E-state index >= 15 is 0 Å². The Hall–Kier alpha value is -1.40. The molecule has 6 nitrogen and oxygen atoms in total. The topological polar surface area (TPSA) is 102 Å². The van der Waals surface area contributed by atoms with E-state index in [4.69, 9.17) is 4.74 Å². The average Bonchev–Trinajstić information content (AvgIpc) is 3.42. The molecule has 4 rings (SSSR count). The molecule has 0 heterocycles. The number of hydrogen-bond donors (Lipinski definition) is 2. The van der Waals surface area contributed by atoms with E-state index in [1.807, 2.05) is 4.90 Å². The van der Waals surface area contributed by atoms with Crippen molar-refractivity contribution in [3.8, 4) is 0 Å². The third-order valence-electron chi connectivity index (χ3n) is 14.1. The molecule has 8 atom stereocenters. The van der Waals surface area contributed by atoms with E-state index in [0.717, 1.165) is 100 Å². The summed E-state index contributed by atoms with van der Waals surface area (Å²) in [5.74, 6) is 4.93. The monoisotopic (exact) mass is 672 g/mol. The van der Waals surface area contributed by atoms with Crippen molar-refractivity contribution < 1.29 is 25.8 Å². The molecule has 6 N–H and O–H groups in total. The van der Waals surface area contributed by atoms with Gasteiger partial charge < -0.3 is 21.1 Å². The third-order valence-corrected chi connectivity index (χ3v) is 14.1. The maximum absolute atomic E-state index is 13.1. The summed E-state index contributed by atoms with van der Waals surface area (Å²) in [6.45, 7) is 15.9. The third kappa shape index (κ3) is 9.89. The van der Waals surface area contributed by atoms with Gasteiger partial charge in [0.2, 0.25) is 5.91 Å². The zero-order chi connectivity index (χ0) is 34.7. The lowest BCUT2D eigenvalue weighted by Gasteiger charge is -2.58. The molecule has 0 aliphatic heterocycles. The first kappa shape index (κ1) is 39.4. The molecular weight excluding hydrogens is 594 g/mol. The van der Waals surface area contributed by atoms with Gasteiger partial charge in [0.05, 0.1) is 19.5 Å². The van der Waals surface area contributed by atoms with Crippen molar-refractivity contribution in [3.63, 3.8) is 0 Å². The van der Waals surface area contributed by atoms with Crippen LogP contribution in [0.3, 0.4) is 0 Å². The second kappa shape index (κ2) is 18.7. The lowest BCUT2D eigenvalue weighted by Crippen LogP contribution is -2.51. The van der Waals surface area contributed by atoms with Crippen LogP contribution in [0.2, 0.25) is 0 Å². The van der Waals surface area contributed by atoms with Gasteiger partial charge in [0.1, 0.15) is 6.10 Å². The summed E-state index contributed by atoms with van der Waals surface area (Å²) in [5, 5.41) is 0. The van der Waals surface area contributed by atoms with Crippen LogP contribution in [0, 0.1) is 46.3 Å². The number of unbranched alkanes of at least 4 members (excludes halogenated alkanes) is 5. The minimum absolute atomic E-state index is 0.0364. The van der Waals surface area contributed by atoms with Crippen LogP contribution in [0.25, 0.3) is 0 Å². The number of allylic oxidation sites excluding steroid dienone is 1. The van der Waals surface area contributed by atoms with Crippen molar-refractivity contribution in [2.24, 2.45) is 46.3 Å². The summed E-state index contributed by atoms with van der Waals surface area (Å²) in [4.78, 5) is 28.1. The van der Waals surface area contributed by atoms with Gasteiger partial charge >= 0.3 is 5.97 Å². The lowest BCUT2D eigenvalue weighted by molar-refractivity contribution is -0.368. The van der Waals surface area contributed by atoms with Gasteiger partial charge in [-0.25, -0.2) is 0 Å². The second-order valence-electron chi connectivity index (χ2n) is 17.7. The molecular formula is C42H77N3O3+2. The highest BCUT2D eigenvalue weighted by molar-refractivity contribution is 5.81. The minimum Gasteiger partial charge on any atom is -0.462 e. The second-order valence-corrected chi connectivity index (χ2v) is 17.7. The molecule has 48 heavy (non-hydrogen) atoms. The van der Waals surface area contributed by atoms with Gasteiger partial charge in [-0.15, -0.1) is 0 Å². The van der Waals surface area contributed by atoms with Gasteiger partial charge in [0.15, 0.2) is 0 Å². The Kier molecular flexibility index (Phi) is 15.4. The van der Waals surface area contributed by atoms with Gasteiger partial charge in [-0.2, -0.15) is 0 Å². The van der Waals surface area contributed by atoms with Gasteiger partial charge in [-0.3, -0.25) is 9.59 Å². The SMILES string of the molecule is CC(C)CCC[C@@H](C)[C@H]1CC[C@H]2[C@@H]3CC=C4C[C@@H](OC(=O)CCC(=O)N(CCC[NH3+])CCCCCCCC[NH3+])CC[C@]4(C)[C@H]3CC[C@]12C. The average molecular weight is 672 g/mol. The maximum Gasteiger partial charge on any atom is 0.306 e. The van der Waals surface area contributed by atoms with Crippen LogP contribution < -0.4 is 11.5 Å². The molecule has 0 spiro atoms. The van der Waals surface area contributed by atoms with Crippen LogP contribution >= 0.6 is 0 Å². The first-order valence-corrected chi connectivity index (χ1v) is 20.8. The maximum atomic E-state index is 13.1. The predicted octanol–water partition coefficient (Wildman–Crippen LogP) is 7.76. The first-order chi connectivity index (χ1) is 23.0. The van der Waals surface area contributed by atoms with Crippen LogP contribution in [0.1, 0.15) is 163 Å². The summed E-state index contributed by atoms with van der Waals surface area (Å²) >= 11 is 0. The molecule has 6 heteroatoms. The van der Waals surface area contributed by atoms with Crippen LogP contribution in [0.15, 0.2) is 11.6 Å². The molecule has 0 aromatic heterocycles. The predicted molar refractivity (Wildman–Crippen MR) is 197 cm³/mol. The number of hydrogen-bond acceptors (Lipinski definition) is 3. The zero-order valence-electron chi connectivity index (χ0n) is 32.2. The van der Waals surface area contributed by atoms with E-state index in [1.165, 1.54) is 77.0 Å². The number of nitrogens with zero attached hydrogens (tertiary/aromatic N) is 1. The van der Waals surface area contributed by atoms with E-state index in [1.54, 1.807) is 5.57 Å². The molecule has 3 fully saturated rings. The summed E-state index contributed by atoms with van der Waals surface area (Å²) in [5.41, 5.74) is 10.2. The highest BCUT2D eigenvalue weighted by atomic mass is 16.5. The molecule has 0 aromatic rings. The smallest absolute Gasteiger partial charge is 0.306 e. The largest absolute Gasteiger partial charge is 0.462 e. The highest BCUT2D eigenvalue weighted by Gasteiger charge is 2.59. The number of ether oxygens (including phenoxy) is 1. The van der Waals surface area contributed by atoms with Crippen molar-refractivity contribution in [2.45, 2.75) is 169 Å². The van der Waals surface area contributed by atoms with Crippen LogP contribution in [0.4, 0.5) is 0 Å². The highest BCUT2D eigenvalue weighted by Crippen LogP contribution is 2.67. The fourth-order valence-corrected chi connectivity index (χ4v) is 11.2. The van der Waals surface area contributed by atoms with Crippen molar-refractivity contribution in [1.82, 2.24) is 4.90 Å². The van der Waals surface area contributed by atoms with Crippen LogP contribution in [-0.4, -0.2) is 49.1 Å². The van der Waals surface area contributed by atoms with E-state index in [0.29, 0.717) is 5.41 Å². The Balaban J connectivity index is 1.25. The number of amides is 1. The minimum atomic E-state index is -0.193. The van der Waals surface area contributed by atoms with Gasteiger partial charge in [0.25, 0.3) is 0 Å². The van der Waals surface area contributed by atoms with Crippen LogP contribution in [-0.2, 0) is 14.3 Å². The molecule has 276 valence electrons. The number of rotatable bonds is 20. The molecule has 3 saturated carbocycles. The number of quaternary nitrogens is 2. The summed E-state index contributed by atoms with van der Waals surface area (Å²) in [6, 6.07) is 0. The van der Waals surface area contributed by atoms with Crippen LogP contribution in [0.5, 0.6) is 0 Å². The Morgan fingerprint density at radius 3 is 2.27 bits per heavy atom. The molecule has 0 radical (unpaired) electrons. The lowest BCUT2D eigenvalue weighted by atomic mass is 9.47. The number of esters is 1. The number of carbonyl (C=O) groups is 2. The summed E-state index contributed by atoms with van der Waals surface area (Å²) < 4.78 is 6.09. The molecule has 4 aliphatic carbocycles. The molecule has 0 bridgehead atoms. The first-order valence-electron chi connectivity index (χ1n) is 20.8. The number of fused-ring (bicyclic) bond motifs is 5. The number of carbonyl (C=O) groups excluding carboxylic acids is 2. The van der Waals surface area contributed by atoms with Gasteiger partial charge in [-0.05, 0) is 111 Å².